The number of aryl methyl sites for hydroxylation is 2. The molecule has 1 saturated heterocycles. The molecule has 7 nitrogen and oxygen atoms in total. The lowest BCUT2D eigenvalue weighted by molar-refractivity contribution is -0.117. The first-order valence-electron chi connectivity index (χ1n) is 7.08. The highest BCUT2D eigenvalue weighted by molar-refractivity contribution is 7.14. The lowest BCUT2D eigenvalue weighted by Gasteiger charge is -2.10. The molecular formula is C14H17N5O2S. The first kappa shape index (κ1) is 14.7. The van der Waals surface area contributed by atoms with Crippen molar-refractivity contribution in [3.63, 3.8) is 0 Å². The van der Waals surface area contributed by atoms with Gasteiger partial charge >= 0.3 is 0 Å². The van der Waals surface area contributed by atoms with E-state index in [0.717, 1.165) is 12.1 Å². The Kier molecular flexibility index (Phi) is 3.93. The Morgan fingerprint density at radius 1 is 1.50 bits per heavy atom. The number of anilines is 2. The van der Waals surface area contributed by atoms with Crippen molar-refractivity contribution in [2.45, 2.75) is 26.2 Å². The predicted molar refractivity (Wildman–Crippen MR) is 84.0 cm³/mol. The van der Waals surface area contributed by atoms with Crippen LogP contribution in [0.4, 0.5) is 10.9 Å². The standard InChI is InChI=1S/C14H17N5O2S/c1-9-6-11(18(2)17-9)16-12(20)7-10-8-22-14(15-10)19-5-3-4-13(19)21/h6,8H,3-5,7H2,1-2H3,(H,16,20). The number of carbonyl (C=O) groups is 2. The molecular weight excluding hydrogens is 302 g/mol. The van der Waals surface area contributed by atoms with E-state index in [9.17, 15) is 9.59 Å². The second-order valence-electron chi connectivity index (χ2n) is 5.29. The van der Waals surface area contributed by atoms with Gasteiger partial charge in [0.2, 0.25) is 11.8 Å². The van der Waals surface area contributed by atoms with E-state index in [4.69, 9.17) is 0 Å². The largest absolute Gasteiger partial charge is 0.311 e. The van der Waals surface area contributed by atoms with Gasteiger partial charge in [-0.1, -0.05) is 0 Å². The normalized spacial score (nSPS) is 14.6. The van der Waals surface area contributed by atoms with Gasteiger partial charge < -0.3 is 5.32 Å². The van der Waals surface area contributed by atoms with Gasteiger partial charge in [-0.2, -0.15) is 5.10 Å². The molecule has 1 aliphatic rings. The molecule has 0 aromatic carbocycles. The molecule has 0 radical (unpaired) electrons. The van der Waals surface area contributed by atoms with E-state index in [-0.39, 0.29) is 18.2 Å². The van der Waals surface area contributed by atoms with Crippen LogP contribution in [0, 0.1) is 6.92 Å². The topological polar surface area (TPSA) is 80.1 Å². The van der Waals surface area contributed by atoms with Crippen LogP contribution in [0.25, 0.3) is 0 Å². The van der Waals surface area contributed by atoms with E-state index in [1.165, 1.54) is 11.3 Å². The van der Waals surface area contributed by atoms with Gasteiger partial charge in [-0.3, -0.25) is 19.2 Å². The van der Waals surface area contributed by atoms with E-state index < -0.39 is 0 Å². The smallest absolute Gasteiger partial charge is 0.231 e. The summed E-state index contributed by atoms with van der Waals surface area (Å²) >= 11 is 1.40. The Labute approximate surface area is 132 Å². The molecule has 116 valence electrons. The third-order valence-corrected chi connectivity index (χ3v) is 4.37. The Bertz CT molecular complexity index is 721. The summed E-state index contributed by atoms with van der Waals surface area (Å²) in [5.41, 5.74) is 1.53. The number of hydrogen-bond donors (Lipinski definition) is 1. The molecule has 0 bridgehead atoms. The summed E-state index contributed by atoms with van der Waals surface area (Å²) in [5, 5.41) is 9.50. The van der Waals surface area contributed by atoms with Crippen molar-refractivity contribution >= 4 is 34.1 Å². The molecule has 0 atom stereocenters. The van der Waals surface area contributed by atoms with E-state index >= 15 is 0 Å². The maximum Gasteiger partial charge on any atom is 0.231 e. The molecule has 2 aromatic heterocycles. The van der Waals surface area contributed by atoms with Gasteiger partial charge in [0.25, 0.3) is 0 Å². The van der Waals surface area contributed by atoms with Gasteiger partial charge in [-0.15, -0.1) is 11.3 Å². The lowest BCUT2D eigenvalue weighted by Crippen LogP contribution is -2.23. The van der Waals surface area contributed by atoms with E-state index in [0.29, 0.717) is 29.6 Å². The first-order valence-corrected chi connectivity index (χ1v) is 7.96. The Hall–Kier alpha value is -2.22. The van der Waals surface area contributed by atoms with Crippen LogP contribution >= 0.6 is 11.3 Å². The van der Waals surface area contributed by atoms with Gasteiger partial charge in [0.15, 0.2) is 5.13 Å². The fraction of sp³-hybridized carbons (Fsp3) is 0.429. The van der Waals surface area contributed by atoms with E-state index in [1.54, 1.807) is 16.6 Å². The van der Waals surface area contributed by atoms with Crippen LogP contribution in [0.15, 0.2) is 11.4 Å². The van der Waals surface area contributed by atoms with Crippen molar-refractivity contribution in [2.24, 2.45) is 7.05 Å². The van der Waals surface area contributed by atoms with Crippen molar-refractivity contribution in [1.29, 1.82) is 0 Å². The van der Waals surface area contributed by atoms with Crippen molar-refractivity contribution in [3.05, 3.63) is 22.8 Å². The number of aromatic nitrogens is 3. The second-order valence-corrected chi connectivity index (χ2v) is 6.13. The predicted octanol–water partition coefficient (Wildman–Crippen LogP) is 1.49. The van der Waals surface area contributed by atoms with Gasteiger partial charge in [0, 0.05) is 31.5 Å². The SMILES string of the molecule is Cc1cc(NC(=O)Cc2csc(N3CCCC3=O)n2)n(C)n1. The van der Waals surface area contributed by atoms with Crippen LogP contribution < -0.4 is 10.2 Å². The van der Waals surface area contributed by atoms with E-state index in [2.05, 4.69) is 15.4 Å². The van der Waals surface area contributed by atoms with Gasteiger partial charge in [0.05, 0.1) is 17.8 Å². The van der Waals surface area contributed by atoms with Crippen LogP contribution in [0.3, 0.4) is 0 Å². The summed E-state index contributed by atoms with van der Waals surface area (Å²) in [6, 6.07) is 1.81. The van der Waals surface area contributed by atoms with Crippen LogP contribution in [0.2, 0.25) is 0 Å². The van der Waals surface area contributed by atoms with Crippen LogP contribution in [-0.2, 0) is 23.1 Å². The summed E-state index contributed by atoms with van der Waals surface area (Å²) in [7, 11) is 1.78. The fourth-order valence-electron chi connectivity index (χ4n) is 2.43. The maximum absolute atomic E-state index is 12.1. The van der Waals surface area contributed by atoms with Gasteiger partial charge in [-0.05, 0) is 13.3 Å². The summed E-state index contributed by atoms with van der Waals surface area (Å²) in [6.45, 7) is 2.59. The number of nitrogens with zero attached hydrogens (tertiary/aromatic N) is 4. The first-order chi connectivity index (χ1) is 10.5. The number of amides is 2. The Balaban J connectivity index is 1.63. The lowest BCUT2D eigenvalue weighted by atomic mass is 10.3. The molecule has 0 unspecified atom stereocenters. The van der Waals surface area contributed by atoms with Gasteiger partial charge in [0.1, 0.15) is 5.82 Å². The van der Waals surface area contributed by atoms with Crippen molar-refractivity contribution in [2.75, 3.05) is 16.8 Å². The molecule has 2 aromatic rings. The molecule has 1 aliphatic heterocycles. The third kappa shape index (κ3) is 3.01. The summed E-state index contributed by atoms with van der Waals surface area (Å²) in [6.07, 6.45) is 1.63. The number of rotatable bonds is 4. The van der Waals surface area contributed by atoms with Crippen LogP contribution in [0.1, 0.15) is 24.2 Å². The molecule has 2 amide bonds. The zero-order valence-corrected chi connectivity index (χ0v) is 13.3. The Morgan fingerprint density at radius 2 is 2.32 bits per heavy atom. The van der Waals surface area contributed by atoms with Gasteiger partial charge in [-0.25, -0.2) is 4.98 Å². The van der Waals surface area contributed by atoms with Crippen LogP contribution in [-0.4, -0.2) is 33.1 Å². The highest BCUT2D eigenvalue weighted by Crippen LogP contribution is 2.25. The minimum absolute atomic E-state index is 0.107. The summed E-state index contributed by atoms with van der Waals surface area (Å²) in [5.74, 6) is 0.621. The zero-order chi connectivity index (χ0) is 15.7. The molecule has 1 N–H and O–H groups in total. The summed E-state index contributed by atoms with van der Waals surface area (Å²) in [4.78, 5) is 29.8. The molecule has 1 fully saturated rings. The minimum atomic E-state index is -0.146. The monoisotopic (exact) mass is 319 g/mol. The highest BCUT2D eigenvalue weighted by atomic mass is 32.1. The molecule has 0 saturated carbocycles. The average molecular weight is 319 g/mol. The number of hydrogen-bond acceptors (Lipinski definition) is 5. The highest BCUT2D eigenvalue weighted by Gasteiger charge is 2.24. The molecule has 3 heterocycles. The van der Waals surface area contributed by atoms with Crippen molar-refractivity contribution in [3.8, 4) is 0 Å². The quantitative estimate of drug-likeness (QED) is 0.926. The number of carbonyl (C=O) groups excluding carboxylic acids is 2. The molecule has 0 aliphatic carbocycles. The van der Waals surface area contributed by atoms with Crippen molar-refractivity contribution < 1.29 is 9.59 Å². The van der Waals surface area contributed by atoms with Crippen molar-refractivity contribution in [1.82, 2.24) is 14.8 Å². The molecule has 22 heavy (non-hydrogen) atoms. The average Bonchev–Trinajstić information content (AvgIpc) is 3.12. The molecule has 3 rings (SSSR count). The molecule has 0 spiro atoms. The Morgan fingerprint density at radius 3 is 2.95 bits per heavy atom. The zero-order valence-electron chi connectivity index (χ0n) is 12.5. The second kappa shape index (κ2) is 5.88. The third-order valence-electron chi connectivity index (χ3n) is 3.46. The van der Waals surface area contributed by atoms with Crippen LogP contribution in [0.5, 0.6) is 0 Å². The molecule has 8 heteroatoms. The fourth-order valence-corrected chi connectivity index (χ4v) is 3.30. The minimum Gasteiger partial charge on any atom is -0.311 e. The number of nitrogens with one attached hydrogen (secondary N) is 1. The summed E-state index contributed by atoms with van der Waals surface area (Å²) < 4.78 is 1.63. The maximum atomic E-state index is 12.1. The van der Waals surface area contributed by atoms with E-state index in [1.807, 2.05) is 18.4 Å². The number of thiazole rings is 1.